The Morgan fingerprint density at radius 3 is 2.70 bits per heavy atom. The van der Waals surface area contributed by atoms with Gasteiger partial charge in [-0.2, -0.15) is 0 Å². The first-order valence-electron chi connectivity index (χ1n) is 7.93. The number of hydrogen-bond donors (Lipinski definition) is 1. The number of hydrogen-bond acceptors (Lipinski definition) is 2. The number of nitrogens with zero attached hydrogens (tertiary/aromatic N) is 1. The summed E-state index contributed by atoms with van der Waals surface area (Å²) in [5.41, 5.74) is 1.06. The van der Waals surface area contributed by atoms with E-state index in [1.807, 2.05) is 13.1 Å². The largest absolute Gasteiger partial charge is 0.313 e. The molecule has 20 heavy (non-hydrogen) atoms. The number of halogens is 1. The van der Waals surface area contributed by atoms with Crippen molar-refractivity contribution in [2.24, 2.45) is 5.92 Å². The van der Waals surface area contributed by atoms with E-state index in [1.165, 1.54) is 38.3 Å². The van der Waals surface area contributed by atoms with E-state index in [9.17, 15) is 4.39 Å². The fourth-order valence-corrected chi connectivity index (χ4v) is 2.99. The Morgan fingerprint density at radius 2 is 2.10 bits per heavy atom. The first kappa shape index (κ1) is 14.0. The Hall–Kier alpha value is -0.930. The molecule has 1 aromatic carbocycles. The summed E-state index contributed by atoms with van der Waals surface area (Å²) in [4.78, 5) is 2.67. The van der Waals surface area contributed by atoms with Crippen molar-refractivity contribution in [2.75, 3.05) is 20.1 Å². The van der Waals surface area contributed by atoms with E-state index in [2.05, 4.69) is 10.2 Å². The molecule has 3 rings (SSSR count). The molecule has 0 radical (unpaired) electrons. The first-order chi connectivity index (χ1) is 9.76. The van der Waals surface area contributed by atoms with Crippen LogP contribution in [0.1, 0.15) is 43.7 Å². The maximum Gasteiger partial charge on any atom is 0.123 e. The quantitative estimate of drug-likeness (QED) is 0.783. The monoisotopic (exact) mass is 276 g/mol. The Balaban J connectivity index is 1.56. The molecule has 1 atom stereocenters. The van der Waals surface area contributed by atoms with Crippen molar-refractivity contribution in [3.8, 4) is 0 Å². The summed E-state index contributed by atoms with van der Waals surface area (Å²) in [5.74, 6) is 0.817. The van der Waals surface area contributed by atoms with Crippen LogP contribution >= 0.6 is 0 Å². The molecular formula is C17H25FN2. The molecule has 0 aliphatic heterocycles. The van der Waals surface area contributed by atoms with Crippen LogP contribution in [0.3, 0.4) is 0 Å². The van der Waals surface area contributed by atoms with Crippen LogP contribution in [0.4, 0.5) is 4.39 Å². The van der Waals surface area contributed by atoms with Crippen LogP contribution in [0.5, 0.6) is 0 Å². The Morgan fingerprint density at radius 1 is 1.30 bits per heavy atom. The molecule has 1 N–H and O–H groups in total. The van der Waals surface area contributed by atoms with Gasteiger partial charge in [-0.3, -0.25) is 0 Å². The lowest BCUT2D eigenvalue weighted by Gasteiger charge is -2.25. The van der Waals surface area contributed by atoms with Gasteiger partial charge in [0.1, 0.15) is 5.82 Å². The van der Waals surface area contributed by atoms with Crippen molar-refractivity contribution in [2.45, 2.75) is 44.2 Å². The van der Waals surface area contributed by atoms with Crippen LogP contribution in [-0.2, 0) is 0 Å². The third kappa shape index (κ3) is 3.80. The maximum absolute atomic E-state index is 13.3. The van der Waals surface area contributed by atoms with Crippen LogP contribution in [0.15, 0.2) is 24.3 Å². The van der Waals surface area contributed by atoms with Crippen molar-refractivity contribution < 1.29 is 4.39 Å². The summed E-state index contributed by atoms with van der Waals surface area (Å²) in [6.45, 7) is 2.41. The smallest absolute Gasteiger partial charge is 0.123 e. The molecule has 0 amide bonds. The van der Waals surface area contributed by atoms with Crippen molar-refractivity contribution in [3.63, 3.8) is 0 Å². The van der Waals surface area contributed by atoms with Gasteiger partial charge in [0.2, 0.25) is 0 Å². The molecule has 2 saturated carbocycles. The van der Waals surface area contributed by atoms with Gasteiger partial charge in [0.05, 0.1) is 0 Å². The van der Waals surface area contributed by atoms with E-state index in [-0.39, 0.29) is 11.9 Å². The molecule has 1 unspecified atom stereocenters. The minimum Gasteiger partial charge on any atom is -0.313 e. The zero-order valence-electron chi connectivity index (χ0n) is 12.3. The lowest BCUT2D eigenvalue weighted by atomic mass is 10.0. The average Bonchev–Trinajstić information content (AvgIpc) is 3.31. The molecule has 1 aromatic rings. The standard InChI is InChI=1S/C17H25FN2/c1-19-17(14-3-2-4-15(18)11-14)9-10-20(16-7-8-16)12-13-5-6-13/h2-4,11,13,16-17,19H,5-10,12H2,1H3. The van der Waals surface area contributed by atoms with Gasteiger partial charge in [0.15, 0.2) is 0 Å². The predicted octanol–water partition coefficient (Wildman–Crippen LogP) is 3.35. The molecule has 0 aromatic heterocycles. The highest BCUT2D eigenvalue weighted by molar-refractivity contribution is 5.20. The van der Waals surface area contributed by atoms with Gasteiger partial charge >= 0.3 is 0 Å². The SMILES string of the molecule is CNC(CCN(CC1CC1)C1CC1)c1cccc(F)c1. The van der Waals surface area contributed by atoms with E-state index in [0.717, 1.165) is 30.5 Å². The van der Waals surface area contributed by atoms with Crippen LogP contribution in [-0.4, -0.2) is 31.1 Å². The second-order valence-corrected chi connectivity index (χ2v) is 6.35. The lowest BCUT2D eigenvalue weighted by molar-refractivity contribution is 0.239. The van der Waals surface area contributed by atoms with E-state index in [0.29, 0.717) is 0 Å². The van der Waals surface area contributed by atoms with Crippen LogP contribution in [0.25, 0.3) is 0 Å². The molecule has 2 aliphatic carbocycles. The molecule has 110 valence electrons. The highest BCUT2D eigenvalue weighted by Crippen LogP contribution is 2.35. The van der Waals surface area contributed by atoms with Gasteiger partial charge in [-0.1, -0.05) is 12.1 Å². The van der Waals surface area contributed by atoms with Crippen molar-refractivity contribution >= 4 is 0 Å². The molecule has 0 spiro atoms. The summed E-state index contributed by atoms with van der Waals surface area (Å²) in [7, 11) is 1.97. The number of nitrogens with one attached hydrogen (secondary N) is 1. The summed E-state index contributed by atoms with van der Waals surface area (Å²) >= 11 is 0. The molecule has 2 aliphatic rings. The molecular weight excluding hydrogens is 251 g/mol. The van der Waals surface area contributed by atoms with Gasteiger partial charge in [-0.15, -0.1) is 0 Å². The van der Waals surface area contributed by atoms with E-state index in [4.69, 9.17) is 0 Å². The third-order valence-corrected chi connectivity index (χ3v) is 4.56. The molecule has 0 heterocycles. The predicted molar refractivity (Wildman–Crippen MR) is 80.1 cm³/mol. The summed E-state index contributed by atoms with van der Waals surface area (Å²) < 4.78 is 13.3. The fourth-order valence-electron chi connectivity index (χ4n) is 2.99. The molecule has 2 fully saturated rings. The van der Waals surface area contributed by atoms with E-state index < -0.39 is 0 Å². The Kier molecular flexibility index (Phi) is 4.37. The molecule has 0 bridgehead atoms. The topological polar surface area (TPSA) is 15.3 Å². The van der Waals surface area contributed by atoms with Crippen LogP contribution in [0, 0.1) is 11.7 Å². The van der Waals surface area contributed by atoms with Gasteiger partial charge in [0.25, 0.3) is 0 Å². The number of benzene rings is 1. The average molecular weight is 276 g/mol. The van der Waals surface area contributed by atoms with Gasteiger partial charge in [-0.25, -0.2) is 4.39 Å². The maximum atomic E-state index is 13.3. The highest BCUT2D eigenvalue weighted by Gasteiger charge is 2.33. The Bertz CT molecular complexity index is 440. The highest BCUT2D eigenvalue weighted by atomic mass is 19.1. The van der Waals surface area contributed by atoms with Crippen molar-refractivity contribution in [1.29, 1.82) is 0 Å². The summed E-state index contributed by atoms with van der Waals surface area (Å²) in [6, 6.07) is 8.08. The van der Waals surface area contributed by atoms with E-state index in [1.54, 1.807) is 12.1 Å². The third-order valence-electron chi connectivity index (χ3n) is 4.56. The zero-order chi connectivity index (χ0) is 13.9. The lowest BCUT2D eigenvalue weighted by Crippen LogP contribution is -2.32. The molecule has 2 nitrogen and oxygen atoms in total. The fraction of sp³-hybridized carbons (Fsp3) is 0.647. The first-order valence-corrected chi connectivity index (χ1v) is 7.93. The minimum atomic E-state index is -0.139. The van der Waals surface area contributed by atoms with Crippen molar-refractivity contribution in [3.05, 3.63) is 35.6 Å². The molecule has 3 heteroatoms. The zero-order valence-corrected chi connectivity index (χ0v) is 12.3. The van der Waals surface area contributed by atoms with Crippen molar-refractivity contribution in [1.82, 2.24) is 10.2 Å². The van der Waals surface area contributed by atoms with Gasteiger partial charge < -0.3 is 10.2 Å². The van der Waals surface area contributed by atoms with Crippen LogP contribution < -0.4 is 5.32 Å². The minimum absolute atomic E-state index is 0.139. The second kappa shape index (κ2) is 6.23. The summed E-state index contributed by atoms with van der Waals surface area (Å²) in [5, 5.41) is 3.34. The second-order valence-electron chi connectivity index (χ2n) is 6.35. The van der Waals surface area contributed by atoms with E-state index >= 15 is 0 Å². The van der Waals surface area contributed by atoms with Crippen LogP contribution in [0.2, 0.25) is 0 Å². The summed E-state index contributed by atoms with van der Waals surface area (Å²) in [6.07, 6.45) is 6.64. The van der Waals surface area contributed by atoms with Gasteiger partial charge in [-0.05, 0) is 62.8 Å². The normalized spacial score (nSPS) is 20.4. The van der Waals surface area contributed by atoms with Gasteiger partial charge in [0, 0.05) is 25.2 Å². The Labute approximate surface area is 121 Å². The number of rotatable bonds is 8. The molecule has 0 saturated heterocycles.